The highest BCUT2D eigenvalue weighted by molar-refractivity contribution is 7.10. The van der Waals surface area contributed by atoms with Gasteiger partial charge in [0.15, 0.2) is 0 Å². The first-order valence-electron chi connectivity index (χ1n) is 7.23. The molecule has 102 valence electrons. The van der Waals surface area contributed by atoms with E-state index in [4.69, 9.17) is 5.11 Å². The largest absolute Gasteiger partial charge is 0.384 e. The first kappa shape index (κ1) is 13.2. The highest BCUT2D eigenvalue weighted by Crippen LogP contribution is 2.34. The fourth-order valence-corrected chi connectivity index (χ4v) is 3.32. The third-order valence-electron chi connectivity index (χ3n) is 3.84. The van der Waals surface area contributed by atoms with Crippen molar-refractivity contribution in [3.05, 3.63) is 21.9 Å². The van der Waals surface area contributed by atoms with Crippen LogP contribution in [0.1, 0.15) is 36.1 Å². The van der Waals surface area contributed by atoms with Gasteiger partial charge in [0.05, 0.1) is 0 Å². The molecule has 2 aliphatic carbocycles. The molecular weight excluding hydrogens is 254 g/mol. The zero-order chi connectivity index (χ0) is 13.1. The lowest BCUT2D eigenvalue weighted by atomic mass is 10.2. The second-order valence-electron chi connectivity index (χ2n) is 5.80. The first-order valence-corrected chi connectivity index (χ1v) is 8.11. The number of aliphatic hydroxyl groups is 1. The van der Waals surface area contributed by atoms with Crippen molar-refractivity contribution in [2.45, 2.75) is 32.2 Å². The van der Waals surface area contributed by atoms with Crippen LogP contribution < -0.4 is 0 Å². The number of rotatable bonds is 6. The van der Waals surface area contributed by atoms with E-state index in [0.717, 1.165) is 23.9 Å². The minimum Gasteiger partial charge on any atom is -0.384 e. The molecule has 0 saturated heterocycles. The summed E-state index contributed by atoms with van der Waals surface area (Å²) in [5.41, 5.74) is 1.11. The minimum absolute atomic E-state index is 0.0524. The van der Waals surface area contributed by atoms with Gasteiger partial charge in [-0.15, -0.1) is 11.3 Å². The highest BCUT2D eigenvalue weighted by atomic mass is 32.1. The Kier molecular flexibility index (Phi) is 4.22. The van der Waals surface area contributed by atoms with Gasteiger partial charge in [-0.05, 0) is 49.0 Å². The molecule has 3 heteroatoms. The van der Waals surface area contributed by atoms with Crippen molar-refractivity contribution < 1.29 is 5.11 Å². The van der Waals surface area contributed by atoms with E-state index in [-0.39, 0.29) is 6.61 Å². The second-order valence-corrected chi connectivity index (χ2v) is 6.80. The molecule has 0 amide bonds. The van der Waals surface area contributed by atoms with Crippen LogP contribution >= 0.6 is 11.3 Å². The quantitative estimate of drug-likeness (QED) is 0.807. The van der Waals surface area contributed by atoms with Gasteiger partial charge < -0.3 is 5.11 Å². The lowest BCUT2D eigenvalue weighted by Crippen LogP contribution is -2.27. The summed E-state index contributed by atoms with van der Waals surface area (Å²) < 4.78 is 0. The van der Waals surface area contributed by atoms with Crippen molar-refractivity contribution in [1.82, 2.24) is 4.90 Å². The Morgan fingerprint density at radius 2 is 1.89 bits per heavy atom. The fraction of sp³-hybridized carbons (Fsp3) is 0.625. The van der Waals surface area contributed by atoms with Gasteiger partial charge in [0.2, 0.25) is 0 Å². The number of hydrogen-bond donors (Lipinski definition) is 1. The normalized spacial score (nSPS) is 18.4. The van der Waals surface area contributed by atoms with Gasteiger partial charge in [-0.3, -0.25) is 4.90 Å². The summed E-state index contributed by atoms with van der Waals surface area (Å²) in [5.74, 6) is 7.73. The maximum atomic E-state index is 8.81. The maximum absolute atomic E-state index is 8.81. The minimum atomic E-state index is -0.0524. The summed E-state index contributed by atoms with van der Waals surface area (Å²) in [6, 6.07) is 2.08. The van der Waals surface area contributed by atoms with Crippen LogP contribution in [-0.2, 0) is 6.54 Å². The van der Waals surface area contributed by atoms with Gasteiger partial charge >= 0.3 is 0 Å². The zero-order valence-corrected chi connectivity index (χ0v) is 12.1. The molecule has 0 aromatic carbocycles. The van der Waals surface area contributed by atoms with Crippen molar-refractivity contribution in [3.8, 4) is 11.8 Å². The summed E-state index contributed by atoms with van der Waals surface area (Å²) in [4.78, 5) is 3.99. The van der Waals surface area contributed by atoms with Gasteiger partial charge in [0.1, 0.15) is 6.61 Å². The molecule has 19 heavy (non-hydrogen) atoms. The summed E-state index contributed by atoms with van der Waals surface area (Å²) in [6.45, 7) is 3.52. The number of nitrogens with zero attached hydrogens (tertiary/aromatic N) is 1. The van der Waals surface area contributed by atoms with Crippen LogP contribution in [0, 0.1) is 23.7 Å². The molecule has 0 atom stereocenters. The topological polar surface area (TPSA) is 23.5 Å². The Morgan fingerprint density at radius 3 is 2.47 bits per heavy atom. The van der Waals surface area contributed by atoms with Crippen molar-refractivity contribution >= 4 is 11.3 Å². The van der Waals surface area contributed by atoms with E-state index in [9.17, 15) is 0 Å². The first-order chi connectivity index (χ1) is 9.35. The van der Waals surface area contributed by atoms with Crippen LogP contribution in [0.4, 0.5) is 0 Å². The van der Waals surface area contributed by atoms with Crippen LogP contribution in [0.15, 0.2) is 11.4 Å². The highest BCUT2D eigenvalue weighted by Gasteiger charge is 2.29. The predicted octanol–water partition coefficient (Wildman–Crippen LogP) is 2.71. The van der Waals surface area contributed by atoms with Crippen LogP contribution in [0.25, 0.3) is 0 Å². The van der Waals surface area contributed by atoms with Gasteiger partial charge in [0.25, 0.3) is 0 Å². The Morgan fingerprint density at radius 1 is 1.21 bits per heavy atom. The lowest BCUT2D eigenvalue weighted by molar-refractivity contribution is 0.246. The monoisotopic (exact) mass is 275 g/mol. The van der Waals surface area contributed by atoms with Crippen molar-refractivity contribution in [2.75, 3.05) is 19.7 Å². The zero-order valence-electron chi connectivity index (χ0n) is 11.3. The number of hydrogen-bond acceptors (Lipinski definition) is 3. The summed E-state index contributed by atoms with van der Waals surface area (Å²) in [7, 11) is 0. The summed E-state index contributed by atoms with van der Waals surface area (Å²) >= 11 is 1.80. The molecule has 3 rings (SSSR count). The molecule has 0 unspecified atom stereocenters. The molecular formula is C16H21NOS. The molecule has 0 aliphatic heterocycles. The smallest absolute Gasteiger partial charge is 0.104 e. The second kappa shape index (κ2) is 6.09. The molecule has 0 bridgehead atoms. The van der Waals surface area contributed by atoms with E-state index >= 15 is 0 Å². The average Bonchev–Trinajstić information content (AvgIpc) is 3.31. The molecule has 0 spiro atoms. The molecule has 0 radical (unpaired) electrons. The van der Waals surface area contributed by atoms with E-state index in [1.54, 1.807) is 11.3 Å². The van der Waals surface area contributed by atoms with Crippen molar-refractivity contribution in [3.63, 3.8) is 0 Å². The third-order valence-corrected chi connectivity index (χ3v) is 4.75. The van der Waals surface area contributed by atoms with Crippen LogP contribution in [0.2, 0.25) is 0 Å². The molecule has 2 aliphatic rings. The van der Waals surface area contributed by atoms with E-state index in [1.807, 2.05) is 0 Å². The van der Waals surface area contributed by atoms with E-state index in [2.05, 4.69) is 28.2 Å². The van der Waals surface area contributed by atoms with Crippen molar-refractivity contribution in [1.29, 1.82) is 0 Å². The van der Waals surface area contributed by atoms with E-state index < -0.39 is 0 Å². The lowest BCUT2D eigenvalue weighted by Gasteiger charge is -2.21. The molecule has 2 fully saturated rings. The van der Waals surface area contributed by atoms with Crippen LogP contribution in [-0.4, -0.2) is 29.7 Å². The van der Waals surface area contributed by atoms with E-state index in [1.165, 1.54) is 43.6 Å². The van der Waals surface area contributed by atoms with Gasteiger partial charge in [-0.25, -0.2) is 0 Å². The molecule has 1 N–H and O–H groups in total. The maximum Gasteiger partial charge on any atom is 0.104 e. The van der Waals surface area contributed by atoms with Gasteiger partial charge in [0, 0.05) is 30.1 Å². The standard InChI is InChI=1S/C16H21NOS/c18-8-1-2-15-7-9-19-16(15)12-17(10-13-3-4-13)11-14-5-6-14/h7,9,13-14,18H,3-6,8,10-12H2. The SMILES string of the molecule is OCC#Cc1ccsc1CN(CC1CC1)CC1CC1. The van der Waals surface area contributed by atoms with Crippen molar-refractivity contribution in [2.24, 2.45) is 11.8 Å². The average molecular weight is 275 g/mol. The van der Waals surface area contributed by atoms with Crippen LogP contribution in [0.3, 0.4) is 0 Å². The molecule has 1 aromatic heterocycles. The fourth-order valence-electron chi connectivity index (χ4n) is 2.45. The summed E-state index contributed by atoms with van der Waals surface area (Å²) in [6.07, 6.45) is 5.68. The molecule has 1 heterocycles. The third kappa shape index (κ3) is 4.07. The van der Waals surface area contributed by atoms with E-state index in [0.29, 0.717) is 0 Å². The Balaban J connectivity index is 1.63. The molecule has 2 saturated carbocycles. The van der Waals surface area contributed by atoms with Crippen LogP contribution in [0.5, 0.6) is 0 Å². The summed E-state index contributed by atoms with van der Waals surface area (Å²) in [5, 5.41) is 10.9. The van der Waals surface area contributed by atoms with Gasteiger partial charge in [-0.2, -0.15) is 0 Å². The number of aliphatic hydroxyl groups excluding tert-OH is 1. The Bertz CT molecular complexity index is 462. The Hall–Kier alpha value is -0.820. The molecule has 2 nitrogen and oxygen atoms in total. The van der Waals surface area contributed by atoms with Gasteiger partial charge in [-0.1, -0.05) is 11.8 Å². The molecule has 1 aromatic rings. The number of thiophene rings is 1. The predicted molar refractivity (Wildman–Crippen MR) is 79.0 cm³/mol. The Labute approximate surface area is 119 Å².